The van der Waals surface area contributed by atoms with Gasteiger partial charge in [-0.05, 0) is 6.42 Å². The highest BCUT2D eigenvalue weighted by atomic mass is 32.2. The van der Waals surface area contributed by atoms with Crippen LogP contribution in [0.4, 0.5) is 0 Å². The van der Waals surface area contributed by atoms with E-state index in [1.54, 1.807) is 0 Å². The number of hydrogen-bond donors (Lipinski definition) is 5. The monoisotopic (exact) mass is 273 g/mol. The minimum absolute atomic E-state index is 0.0231. The highest BCUT2D eigenvalue weighted by molar-refractivity contribution is 7.85. The summed E-state index contributed by atoms with van der Waals surface area (Å²) in [7, 11) is -3.92. The quantitative estimate of drug-likeness (QED) is 0.347. The minimum Gasteiger partial charge on any atom is -0.481 e. The van der Waals surface area contributed by atoms with Crippen molar-refractivity contribution in [1.82, 2.24) is 0 Å². The van der Waals surface area contributed by atoms with E-state index < -0.39 is 40.5 Å². The van der Waals surface area contributed by atoms with Gasteiger partial charge in [-0.3, -0.25) is 14.1 Å². The fourth-order valence-electron chi connectivity index (χ4n) is 0.518. The van der Waals surface area contributed by atoms with E-state index in [0.29, 0.717) is 0 Å². The van der Waals surface area contributed by atoms with Crippen LogP contribution in [-0.2, 0) is 19.7 Å². The van der Waals surface area contributed by atoms with Gasteiger partial charge in [0.1, 0.15) is 6.04 Å². The Labute approximate surface area is 97.6 Å². The van der Waals surface area contributed by atoms with Crippen LogP contribution in [0.5, 0.6) is 0 Å². The van der Waals surface area contributed by atoms with Gasteiger partial charge in [-0.2, -0.15) is 8.42 Å². The standard InChI is InChI=1S/C5H9NO4.C2H6O4S/c6-3(5(9)10)1-2-4(7)8;3-1-2-7(4,5)6/h3H,1-2,6H2,(H,7,8)(H,9,10);3H,1-2H2,(H,4,5,6). The van der Waals surface area contributed by atoms with Crippen LogP contribution >= 0.6 is 0 Å². The lowest BCUT2D eigenvalue weighted by Crippen LogP contribution is -2.30. The summed E-state index contributed by atoms with van der Waals surface area (Å²) in [6, 6.07) is -1.06. The predicted molar refractivity (Wildman–Crippen MR) is 56.0 cm³/mol. The molecule has 0 aromatic rings. The van der Waals surface area contributed by atoms with Crippen molar-refractivity contribution in [2.75, 3.05) is 12.4 Å². The highest BCUT2D eigenvalue weighted by Gasteiger charge is 2.12. The second-order valence-corrected chi connectivity index (χ2v) is 4.46. The van der Waals surface area contributed by atoms with E-state index in [0.717, 1.165) is 0 Å². The zero-order valence-corrected chi connectivity index (χ0v) is 9.63. The van der Waals surface area contributed by atoms with Gasteiger partial charge in [-0.1, -0.05) is 0 Å². The Hall–Kier alpha value is -1.23. The fraction of sp³-hybridized carbons (Fsp3) is 0.714. The van der Waals surface area contributed by atoms with Gasteiger partial charge in [-0.15, -0.1) is 0 Å². The first-order chi connectivity index (χ1) is 7.60. The van der Waals surface area contributed by atoms with E-state index in [-0.39, 0.29) is 12.8 Å². The molecule has 1 atom stereocenters. The van der Waals surface area contributed by atoms with Crippen molar-refractivity contribution in [1.29, 1.82) is 0 Å². The highest BCUT2D eigenvalue weighted by Crippen LogP contribution is 1.93. The second-order valence-electron chi connectivity index (χ2n) is 2.89. The number of nitrogens with two attached hydrogens (primary N) is 1. The van der Waals surface area contributed by atoms with Crippen LogP contribution in [-0.4, -0.2) is 58.6 Å². The number of aliphatic hydroxyl groups is 1. The average molecular weight is 273 g/mol. The average Bonchev–Trinajstić information content (AvgIpc) is 2.12. The molecule has 0 saturated carbocycles. The molecule has 0 aliphatic carbocycles. The maximum Gasteiger partial charge on any atom is 0.320 e. The largest absolute Gasteiger partial charge is 0.481 e. The van der Waals surface area contributed by atoms with Crippen LogP contribution in [0, 0.1) is 0 Å². The molecule has 10 heteroatoms. The van der Waals surface area contributed by atoms with Crippen molar-refractivity contribution in [2.24, 2.45) is 5.73 Å². The number of hydrogen-bond acceptors (Lipinski definition) is 6. The number of aliphatic carboxylic acids is 2. The molecule has 0 aliphatic heterocycles. The van der Waals surface area contributed by atoms with E-state index in [4.69, 9.17) is 25.6 Å². The van der Waals surface area contributed by atoms with E-state index in [2.05, 4.69) is 0 Å². The number of carboxylic acids is 2. The molecule has 17 heavy (non-hydrogen) atoms. The molecule has 1 unspecified atom stereocenters. The third-order valence-electron chi connectivity index (χ3n) is 1.34. The van der Waals surface area contributed by atoms with Gasteiger partial charge in [0.05, 0.1) is 12.4 Å². The topological polar surface area (TPSA) is 175 Å². The van der Waals surface area contributed by atoms with E-state index >= 15 is 0 Å². The summed E-state index contributed by atoms with van der Waals surface area (Å²) in [4.78, 5) is 19.9. The Morgan fingerprint density at radius 2 is 1.71 bits per heavy atom. The normalized spacial score (nSPS) is 12.2. The molecule has 0 spiro atoms. The van der Waals surface area contributed by atoms with Gasteiger partial charge in [0.25, 0.3) is 10.1 Å². The lowest BCUT2D eigenvalue weighted by atomic mass is 10.2. The maximum atomic E-state index is 9.99. The van der Waals surface area contributed by atoms with Gasteiger partial charge in [-0.25, -0.2) is 0 Å². The fourth-order valence-corrected chi connectivity index (χ4v) is 0.749. The Kier molecular flexibility index (Phi) is 9.47. The van der Waals surface area contributed by atoms with E-state index in [1.165, 1.54) is 0 Å². The molecule has 0 saturated heterocycles. The van der Waals surface area contributed by atoms with Crippen molar-refractivity contribution >= 4 is 22.1 Å². The Balaban J connectivity index is 0. The number of rotatable bonds is 6. The molecule has 0 rings (SSSR count). The molecule has 0 radical (unpaired) electrons. The Morgan fingerprint density at radius 3 is 1.88 bits per heavy atom. The minimum atomic E-state index is -3.92. The van der Waals surface area contributed by atoms with Crippen LogP contribution < -0.4 is 5.73 Å². The molecule has 0 amide bonds. The number of carbonyl (C=O) groups is 2. The van der Waals surface area contributed by atoms with Crippen LogP contribution in [0.3, 0.4) is 0 Å². The molecule has 0 aromatic carbocycles. The summed E-state index contributed by atoms with van der Waals surface area (Å²) in [5, 5.41) is 24.1. The van der Waals surface area contributed by atoms with Gasteiger partial charge < -0.3 is 21.1 Å². The summed E-state index contributed by atoms with van der Waals surface area (Å²) in [5.41, 5.74) is 5.00. The lowest BCUT2D eigenvalue weighted by Gasteiger charge is -2.01. The summed E-state index contributed by atoms with van der Waals surface area (Å²) < 4.78 is 27.1. The van der Waals surface area contributed by atoms with Crippen molar-refractivity contribution in [3.05, 3.63) is 0 Å². The smallest absolute Gasteiger partial charge is 0.320 e. The molecule has 0 aliphatic rings. The molecular formula is C7H15NO8S. The first-order valence-corrected chi connectivity index (χ1v) is 5.97. The van der Waals surface area contributed by atoms with Gasteiger partial charge in [0.2, 0.25) is 0 Å². The molecular weight excluding hydrogens is 258 g/mol. The summed E-state index contributed by atoms with van der Waals surface area (Å²) in [6.07, 6.45) is -0.224. The van der Waals surface area contributed by atoms with E-state index in [9.17, 15) is 18.0 Å². The lowest BCUT2D eigenvalue weighted by molar-refractivity contribution is -0.139. The van der Waals surface area contributed by atoms with Crippen LogP contribution in [0.2, 0.25) is 0 Å². The first-order valence-electron chi connectivity index (χ1n) is 4.36. The van der Waals surface area contributed by atoms with E-state index in [1.807, 2.05) is 0 Å². The molecule has 0 bridgehead atoms. The third-order valence-corrected chi connectivity index (χ3v) is 2.03. The molecule has 9 nitrogen and oxygen atoms in total. The zero-order valence-electron chi connectivity index (χ0n) is 8.81. The van der Waals surface area contributed by atoms with Crippen molar-refractivity contribution in [3.63, 3.8) is 0 Å². The Bertz CT molecular complexity index is 338. The molecule has 0 fully saturated rings. The summed E-state index contributed by atoms with van der Waals surface area (Å²) in [6.45, 7) is -0.529. The SMILES string of the molecule is NC(CCC(=O)O)C(=O)O.O=S(=O)(O)CCO. The maximum absolute atomic E-state index is 9.99. The zero-order chi connectivity index (χ0) is 14.1. The third kappa shape index (κ3) is 17.4. The van der Waals surface area contributed by atoms with Crippen molar-refractivity contribution in [2.45, 2.75) is 18.9 Å². The van der Waals surface area contributed by atoms with Crippen LogP contribution in [0.15, 0.2) is 0 Å². The van der Waals surface area contributed by atoms with Crippen LogP contribution in [0.1, 0.15) is 12.8 Å². The molecule has 0 heterocycles. The molecule has 6 N–H and O–H groups in total. The van der Waals surface area contributed by atoms with Crippen LogP contribution in [0.25, 0.3) is 0 Å². The Morgan fingerprint density at radius 1 is 1.24 bits per heavy atom. The van der Waals surface area contributed by atoms with Gasteiger partial charge in [0, 0.05) is 6.42 Å². The first kappa shape index (κ1) is 18.1. The van der Waals surface area contributed by atoms with Gasteiger partial charge >= 0.3 is 11.9 Å². The number of carboxylic acid groups (broad SMARTS) is 2. The summed E-state index contributed by atoms with van der Waals surface area (Å²) in [5.74, 6) is -2.77. The predicted octanol–water partition coefficient (Wildman–Crippen LogP) is -1.87. The number of aliphatic hydroxyl groups excluding tert-OH is 1. The summed E-state index contributed by atoms with van der Waals surface area (Å²) >= 11 is 0. The molecule has 0 aromatic heterocycles. The van der Waals surface area contributed by atoms with Gasteiger partial charge in [0.15, 0.2) is 0 Å². The molecule has 102 valence electrons. The van der Waals surface area contributed by atoms with Crippen molar-refractivity contribution < 1.29 is 37.9 Å². The second kappa shape index (κ2) is 8.87. The van der Waals surface area contributed by atoms with Crippen molar-refractivity contribution in [3.8, 4) is 0 Å².